The zero-order chi connectivity index (χ0) is 13.2. The molecule has 0 fully saturated rings. The van der Waals surface area contributed by atoms with Crippen LogP contribution in [-0.2, 0) is 11.3 Å². The van der Waals surface area contributed by atoms with Crippen LogP contribution >= 0.6 is 11.8 Å². The van der Waals surface area contributed by atoms with Crippen LogP contribution in [0.2, 0.25) is 0 Å². The summed E-state index contributed by atoms with van der Waals surface area (Å²) in [6.07, 6.45) is 6.67. The zero-order valence-corrected chi connectivity index (χ0v) is 11.1. The van der Waals surface area contributed by atoms with Crippen molar-refractivity contribution in [1.82, 2.24) is 10.3 Å². The number of carbonyl (C=O) groups is 1. The lowest BCUT2D eigenvalue weighted by molar-refractivity contribution is 0.0600. The summed E-state index contributed by atoms with van der Waals surface area (Å²) >= 11 is 1.72. The Morgan fingerprint density at radius 2 is 2.44 bits per heavy atom. The third-order valence-electron chi connectivity index (χ3n) is 2.16. The maximum absolute atomic E-state index is 11.2. The summed E-state index contributed by atoms with van der Waals surface area (Å²) in [5.74, 6) is 3.93. The Morgan fingerprint density at radius 1 is 1.61 bits per heavy atom. The number of carbonyl (C=O) groups excluding carboxylic acids is 1. The molecule has 0 atom stereocenters. The first-order valence-corrected chi connectivity index (χ1v) is 6.68. The first-order chi connectivity index (χ1) is 8.77. The Morgan fingerprint density at radius 3 is 3.06 bits per heavy atom. The first kappa shape index (κ1) is 14.6. The van der Waals surface area contributed by atoms with Crippen molar-refractivity contribution in [2.75, 3.05) is 25.2 Å². The van der Waals surface area contributed by atoms with E-state index in [2.05, 4.69) is 21.0 Å². The Bertz CT molecular complexity index is 412. The van der Waals surface area contributed by atoms with Crippen molar-refractivity contribution in [3.8, 4) is 12.3 Å². The molecule has 0 aromatic carbocycles. The fourth-order valence-electron chi connectivity index (χ4n) is 1.26. The fraction of sp³-hybridized carbons (Fsp3) is 0.385. The van der Waals surface area contributed by atoms with Crippen molar-refractivity contribution in [2.45, 2.75) is 6.54 Å². The second-order valence-corrected chi connectivity index (χ2v) is 4.57. The molecule has 1 rings (SSSR count). The number of esters is 1. The van der Waals surface area contributed by atoms with Gasteiger partial charge in [-0.05, 0) is 12.1 Å². The zero-order valence-electron chi connectivity index (χ0n) is 10.3. The number of hydrogen-bond donors (Lipinski definition) is 1. The Labute approximate surface area is 112 Å². The van der Waals surface area contributed by atoms with E-state index in [9.17, 15) is 4.79 Å². The van der Waals surface area contributed by atoms with E-state index in [1.807, 2.05) is 6.07 Å². The minimum absolute atomic E-state index is 0.368. The molecule has 1 N–H and O–H groups in total. The lowest BCUT2D eigenvalue weighted by Gasteiger charge is -2.04. The molecule has 0 aliphatic heterocycles. The topological polar surface area (TPSA) is 51.2 Å². The molecular formula is C13H16N2O2S. The number of methoxy groups -OCH3 is 1. The highest BCUT2D eigenvalue weighted by atomic mass is 32.2. The molecule has 0 unspecified atom stereocenters. The smallest absolute Gasteiger partial charge is 0.339 e. The standard InChI is InChI=1S/C13H16N2O2S/c1-3-7-18-8-6-14-10-12-5-4-11(9-15-12)13(16)17-2/h1,4-5,9,14H,6-8,10H2,2H3. The van der Waals surface area contributed by atoms with Crippen LogP contribution in [0.5, 0.6) is 0 Å². The molecule has 0 aliphatic carbocycles. The summed E-state index contributed by atoms with van der Waals surface area (Å²) < 4.78 is 4.60. The molecule has 5 heteroatoms. The minimum Gasteiger partial charge on any atom is -0.465 e. The fourth-order valence-corrected chi connectivity index (χ4v) is 1.81. The van der Waals surface area contributed by atoms with Crippen molar-refractivity contribution in [2.24, 2.45) is 0 Å². The van der Waals surface area contributed by atoms with E-state index in [0.717, 1.165) is 23.7 Å². The minimum atomic E-state index is -0.368. The highest BCUT2D eigenvalue weighted by Crippen LogP contribution is 2.02. The average molecular weight is 264 g/mol. The quantitative estimate of drug-likeness (QED) is 0.457. The van der Waals surface area contributed by atoms with Crippen molar-refractivity contribution in [1.29, 1.82) is 0 Å². The third-order valence-corrected chi connectivity index (χ3v) is 3.02. The molecule has 4 nitrogen and oxygen atoms in total. The van der Waals surface area contributed by atoms with Crippen molar-refractivity contribution < 1.29 is 9.53 Å². The maximum atomic E-state index is 11.2. The summed E-state index contributed by atoms with van der Waals surface area (Å²) in [4.78, 5) is 15.4. The largest absolute Gasteiger partial charge is 0.465 e. The number of nitrogens with zero attached hydrogens (tertiary/aromatic N) is 1. The summed E-state index contributed by atoms with van der Waals surface area (Å²) in [5, 5.41) is 3.26. The van der Waals surface area contributed by atoms with Crippen LogP contribution in [0, 0.1) is 12.3 Å². The number of rotatable bonds is 7. The van der Waals surface area contributed by atoms with Crippen LogP contribution in [-0.4, -0.2) is 36.1 Å². The van der Waals surface area contributed by atoms with Crippen LogP contribution < -0.4 is 5.32 Å². The van der Waals surface area contributed by atoms with Crippen LogP contribution in [0.15, 0.2) is 18.3 Å². The molecule has 0 saturated carbocycles. The van der Waals surface area contributed by atoms with Gasteiger partial charge in [-0.15, -0.1) is 18.2 Å². The van der Waals surface area contributed by atoms with Crippen LogP contribution in [0.1, 0.15) is 16.1 Å². The lowest BCUT2D eigenvalue weighted by Crippen LogP contribution is -2.17. The SMILES string of the molecule is C#CCSCCNCc1ccc(C(=O)OC)cn1. The molecule has 0 amide bonds. The van der Waals surface area contributed by atoms with Gasteiger partial charge in [-0.2, -0.15) is 0 Å². The number of terminal acetylenes is 1. The second-order valence-electron chi connectivity index (χ2n) is 3.46. The van der Waals surface area contributed by atoms with E-state index in [0.29, 0.717) is 12.1 Å². The summed E-state index contributed by atoms with van der Waals surface area (Å²) in [6.45, 7) is 1.56. The first-order valence-electron chi connectivity index (χ1n) is 5.53. The molecular weight excluding hydrogens is 248 g/mol. The molecule has 1 aromatic rings. The number of ether oxygens (including phenoxy) is 1. The van der Waals surface area contributed by atoms with Gasteiger partial charge in [0.15, 0.2) is 0 Å². The summed E-state index contributed by atoms with van der Waals surface area (Å²) in [5.41, 5.74) is 1.36. The van der Waals surface area contributed by atoms with Gasteiger partial charge in [0.1, 0.15) is 0 Å². The number of aromatic nitrogens is 1. The van der Waals surface area contributed by atoms with Crippen LogP contribution in [0.25, 0.3) is 0 Å². The van der Waals surface area contributed by atoms with Gasteiger partial charge in [-0.1, -0.05) is 5.92 Å². The maximum Gasteiger partial charge on any atom is 0.339 e. The predicted octanol–water partition coefficient (Wildman–Crippen LogP) is 1.32. The Balaban J connectivity index is 2.27. The van der Waals surface area contributed by atoms with Gasteiger partial charge in [-0.3, -0.25) is 4.98 Å². The summed E-state index contributed by atoms with van der Waals surface area (Å²) in [7, 11) is 1.35. The van der Waals surface area contributed by atoms with E-state index in [1.54, 1.807) is 17.8 Å². The number of nitrogens with one attached hydrogen (secondary N) is 1. The van der Waals surface area contributed by atoms with Crippen molar-refractivity contribution in [3.05, 3.63) is 29.6 Å². The van der Waals surface area contributed by atoms with Gasteiger partial charge >= 0.3 is 5.97 Å². The van der Waals surface area contributed by atoms with E-state index in [4.69, 9.17) is 6.42 Å². The third kappa shape index (κ3) is 5.21. The Kier molecular flexibility index (Phi) is 6.92. The highest BCUT2D eigenvalue weighted by Gasteiger charge is 2.04. The van der Waals surface area contributed by atoms with Gasteiger partial charge < -0.3 is 10.1 Å². The lowest BCUT2D eigenvalue weighted by atomic mass is 10.2. The van der Waals surface area contributed by atoms with E-state index < -0.39 is 0 Å². The van der Waals surface area contributed by atoms with Gasteiger partial charge in [0, 0.05) is 25.0 Å². The second kappa shape index (κ2) is 8.56. The van der Waals surface area contributed by atoms with Gasteiger partial charge in [0.05, 0.1) is 24.1 Å². The van der Waals surface area contributed by atoms with E-state index in [-0.39, 0.29) is 5.97 Å². The van der Waals surface area contributed by atoms with E-state index >= 15 is 0 Å². The number of hydrogen-bond acceptors (Lipinski definition) is 5. The number of pyridine rings is 1. The van der Waals surface area contributed by atoms with Gasteiger partial charge in [-0.25, -0.2) is 4.79 Å². The molecule has 0 radical (unpaired) electrons. The monoisotopic (exact) mass is 264 g/mol. The molecule has 1 heterocycles. The molecule has 0 bridgehead atoms. The average Bonchev–Trinajstić information content (AvgIpc) is 2.42. The van der Waals surface area contributed by atoms with Crippen molar-refractivity contribution >= 4 is 17.7 Å². The van der Waals surface area contributed by atoms with Gasteiger partial charge in [0.2, 0.25) is 0 Å². The summed E-state index contributed by atoms with van der Waals surface area (Å²) in [6, 6.07) is 3.52. The molecule has 1 aromatic heterocycles. The van der Waals surface area contributed by atoms with Crippen LogP contribution in [0.3, 0.4) is 0 Å². The van der Waals surface area contributed by atoms with Crippen molar-refractivity contribution in [3.63, 3.8) is 0 Å². The molecule has 0 aliphatic rings. The normalized spacial score (nSPS) is 9.78. The Hall–Kier alpha value is -1.51. The molecule has 0 saturated heterocycles. The number of thioether (sulfide) groups is 1. The van der Waals surface area contributed by atoms with Crippen LogP contribution in [0.4, 0.5) is 0 Å². The van der Waals surface area contributed by atoms with Gasteiger partial charge in [0.25, 0.3) is 0 Å². The predicted molar refractivity (Wildman–Crippen MR) is 73.4 cm³/mol. The highest BCUT2D eigenvalue weighted by molar-refractivity contribution is 7.99. The van der Waals surface area contributed by atoms with E-state index in [1.165, 1.54) is 13.3 Å². The molecule has 0 spiro atoms. The molecule has 18 heavy (non-hydrogen) atoms. The molecule has 96 valence electrons.